The summed E-state index contributed by atoms with van der Waals surface area (Å²) in [7, 11) is 0. The average molecular weight is 382 g/mol. The van der Waals surface area contributed by atoms with E-state index >= 15 is 0 Å². The van der Waals surface area contributed by atoms with Crippen molar-refractivity contribution in [2.45, 2.75) is 91.9 Å². The zero-order chi connectivity index (χ0) is 20.4. The van der Waals surface area contributed by atoms with Gasteiger partial charge >= 0.3 is 0 Å². The van der Waals surface area contributed by atoms with Crippen LogP contribution in [0.4, 0.5) is 0 Å². The predicted octanol–water partition coefficient (Wildman–Crippen LogP) is 7.72. The summed E-state index contributed by atoms with van der Waals surface area (Å²) in [6.45, 7) is 15.9. The van der Waals surface area contributed by atoms with Crippen molar-refractivity contribution in [3.8, 4) is 0 Å². The summed E-state index contributed by atoms with van der Waals surface area (Å²) in [4.78, 5) is 2.44. The van der Waals surface area contributed by atoms with Crippen LogP contribution < -0.4 is 0 Å². The molecule has 1 atom stereocenters. The van der Waals surface area contributed by atoms with Gasteiger partial charge < -0.3 is 4.90 Å². The van der Waals surface area contributed by atoms with Gasteiger partial charge in [-0.25, -0.2) is 0 Å². The van der Waals surface area contributed by atoms with Gasteiger partial charge in [-0.1, -0.05) is 71.2 Å². The SMILES string of the molecule is C=C(/C=C/c1cc(CC)c(CCC(CC)CCCC)cc1C)N1CCCCC1. The van der Waals surface area contributed by atoms with E-state index in [0.29, 0.717) is 0 Å². The molecule has 1 nitrogen and oxygen atoms in total. The van der Waals surface area contributed by atoms with Crippen molar-refractivity contribution >= 4 is 6.08 Å². The first-order chi connectivity index (χ1) is 13.6. The molecule has 0 bridgehead atoms. The maximum atomic E-state index is 4.31. The van der Waals surface area contributed by atoms with E-state index in [9.17, 15) is 0 Å². The number of rotatable bonds is 11. The highest BCUT2D eigenvalue weighted by molar-refractivity contribution is 5.58. The van der Waals surface area contributed by atoms with Crippen molar-refractivity contribution < 1.29 is 0 Å². The van der Waals surface area contributed by atoms with E-state index in [2.05, 4.69) is 63.5 Å². The largest absolute Gasteiger partial charge is 0.372 e. The minimum absolute atomic E-state index is 0.886. The van der Waals surface area contributed by atoms with Crippen molar-refractivity contribution in [3.05, 3.63) is 52.7 Å². The Bertz CT molecular complexity index is 634. The molecule has 1 aromatic carbocycles. The van der Waals surface area contributed by atoms with E-state index in [1.165, 1.54) is 80.2 Å². The third kappa shape index (κ3) is 6.83. The molecule has 0 amide bonds. The van der Waals surface area contributed by atoms with E-state index in [4.69, 9.17) is 0 Å². The van der Waals surface area contributed by atoms with Crippen LogP contribution >= 0.6 is 0 Å². The number of allylic oxidation sites excluding steroid dienone is 1. The minimum atomic E-state index is 0.886. The highest BCUT2D eigenvalue weighted by Gasteiger charge is 2.11. The Balaban J connectivity index is 2.05. The first-order valence-electron chi connectivity index (χ1n) is 11.8. The van der Waals surface area contributed by atoms with Gasteiger partial charge in [0, 0.05) is 18.8 Å². The van der Waals surface area contributed by atoms with Crippen LogP contribution in [0.3, 0.4) is 0 Å². The van der Waals surface area contributed by atoms with E-state index in [1.54, 1.807) is 5.56 Å². The molecule has 1 aliphatic heterocycles. The second-order valence-corrected chi connectivity index (χ2v) is 8.66. The van der Waals surface area contributed by atoms with Crippen LogP contribution in [0.5, 0.6) is 0 Å². The summed E-state index contributed by atoms with van der Waals surface area (Å²) in [6, 6.07) is 4.88. The minimum Gasteiger partial charge on any atom is -0.372 e. The molecule has 1 heteroatoms. The van der Waals surface area contributed by atoms with Crippen LogP contribution in [0.2, 0.25) is 0 Å². The van der Waals surface area contributed by atoms with Gasteiger partial charge in [0.25, 0.3) is 0 Å². The topological polar surface area (TPSA) is 3.24 Å². The summed E-state index contributed by atoms with van der Waals surface area (Å²) in [5.74, 6) is 0.886. The Morgan fingerprint density at radius 3 is 2.46 bits per heavy atom. The van der Waals surface area contributed by atoms with Crippen LogP contribution in [-0.4, -0.2) is 18.0 Å². The Morgan fingerprint density at radius 2 is 1.82 bits per heavy atom. The molecule has 1 aromatic rings. The second-order valence-electron chi connectivity index (χ2n) is 8.66. The van der Waals surface area contributed by atoms with Crippen molar-refractivity contribution in [2.24, 2.45) is 5.92 Å². The maximum Gasteiger partial charge on any atom is 0.0293 e. The van der Waals surface area contributed by atoms with Crippen molar-refractivity contribution in [1.29, 1.82) is 0 Å². The smallest absolute Gasteiger partial charge is 0.0293 e. The Kier molecular flexibility index (Phi) is 9.88. The number of unbranched alkanes of at least 4 members (excludes halogenated alkanes) is 1. The van der Waals surface area contributed by atoms with E-state index < -0.39 is 0 Å². The lowest BCUT2D eigenvalue weighted by Crippen LogP contribution is -2.27. The summed E-state index contributed by atoms with van der Waals surface area (Å²) in [6.07, 6.45) is 17.6. The first kappa shape index (κ1) is 22.8. The molecular weight excluding hydrogens is 338 g/mol. The number of likely N-dealkylation sites (tertiary alicyclic amines) is 1. The zero-order valence-electron chi connectivity index (χ0n) is 19.0. The number of hydrogen-bond acceptors (Lipinski definition) is 1. The van der Waals surface area contributed by atoms with E-state index in [-0.39, 0.29) is 0 Å². The number of benzene rings is 1. The molecule has 1 unspecified atom stereocenters. The summed E-state index contributed by atoms with van der Waals surface area (Å²) in [5, 5.41) is 0. The molecule has 2 rings (SSSR count). The van der Waals surface area contributed by atoms with E-state index in [0.717, 1.165) is 25.4 Å². The van der Waals surface area contributed by atoms with Crippen LogP contribution in [-0.2, 0) is 12.8 Å². The van der Waals surface area contributed by atoms with Crippen LogP contribution in [0.25, 0.3) is 6.08 Å². The average Bonchev–Trinajstić information content (AvgIpc) is 2.73. The van der Waals surface area contributed by atoms with Gasteiger partial charge in [0.05, 0.1) is 0 Å². The third-order valence-corrected chi connectivity index (χ3v) is 6.55. The fourth-order valence-corrected chi connectivity index (χ4v) is 4.45. The van der Waals surface area contributed by atoms with Crippen molar-refractivity contribution in [3.63, 3.8) is 0 Å². The molecular formula is C27H43N. The molecule has 28 heavy (non-hydrogen) atoms. The Labute approximate surface area is 174 Å². The molecule has 0 aromatic heterocycles. The lowest BCUT2D eigenvalue weighted by Gasteiger charge is -2.29. The number of piperidine rings is 1. The molecule has 1 fully saturated rings. The highest BCUT2D eigenvalue weighted by atomic mass is 15.1. The van der Waals surface area contributed by atoms with Gasteiger partial charge in [0.15, 0.2) is 0 Å². The maximum absolute atomic E-state index is 4.31. The standard InChI is InChI=1S/C27H43N/c1-6-9-13-24(7-2)15-17-27-20-22(4)26(21-25(27)8-3)16-14-23(5)28-18-11-10-12-19-28/h14,16,20-21,24H,5-13,15,17-19H2,1-4H3/b16-14+. The molecule has 0 radical (unpaired) electrons. The molecule has 0 N–H and O–H groups in total. The number of aryl methyl sites for hydroxylation is 3. The second kappa shape index (κ2) is 12.1. The molecule has 1 saturated heterocycles. The lowest BCUT2D eigenvalue weighted by atomic mass is 9.89. The summed E-state index contributed by atoms with van der Waals surface area (Å²) < 4.78 is 0. The quantitative estimate of drug-likeness (QED) is 0.355. The third-order valence-electron chi connectivity index (χ3n) is 6.55. The predicted molar refractivity (Wildman–Crippen MR) is 126 cm³/mol. The van der Waals surface area contributed by atoms with Gasteiger partial charge in [-0.2, -0.15) is 0 Å². The zero-order valence-corrected chi connectivity index (χ0v) is 19.0. The number of nitrogens with zero attached hydrogens (tertiary/aromatic N) is 1. The van der Waals surface area contributed by atoms with E-state index in [1.807, 2.05) is 0 Å². The highest BCUT2D eigenvalue weighted by Crippen LogP contribution is 2.25. The summed E-state index contributed by atoms with van der Waals surface area (Å²) in [5.41, 5.74) is 7.03. The van der Waals surface area contributed by atoms with Gasteiger partial charge in [0.2, 0.25) is 0 Å². The van der Waals surface area contributed by atoms with Crippen LogP contribution in [0.15, 0.2) is 30.5 Å². The fraction of sp³-hybridized carbons (Fsp3) is 0.630. The molecule has 1 heterocycles. The molecule has 156 valence electrons. The normalized spacial score (nSPS) is 15.9. The van der Waals surface area contributed by atoms with Gasteiger partial charge in [0.1, 0.15) is 0 Å². The molecule has 1 aliphatic rings. The molecule has 0 spiro atoms. The monoisotopic (exact) mass is 381 g/mol. The lowest BCUT2D eigenvalue weighted by molar-refractivity contribution is 0.294. The Morgan fingerprint density at radius 1 is 1.07 bits per heavy atom. The number of hydrogen-bond donors (Lipinski definition) is 0. The van der Waals surface area contributed by atoms with Crippen LogP contribution in [0, 0.1) is 12.8 Å². The van der Waals surface area contributed by atoms with Gasteiger partial charge in [-0.15, -0.1) is 0 Å². The van der Waals surface area contributed by atoms with Crippen molar-refractivity contribution in [1.82, 2.24) is 4.90 Å². The van der Waals surface area contributed by atoms with Crippen LogP contribution in [0.1, 0.15) is 94.4 Å². The molecule has 0 saturated carbocycles. The van der Waals surface area contributed by atoms with Gasteiger partial charge in [-0.3, -0.25) is 0 Å². The first-order valence-corrected chi connectivity index (χ1v) is 11.8. The molecule has 0 aliphatic carbocycles. The van der Waals surface area contributed by atoms with Gasteiger partial charge in [-0.05, 0) is 79.7 Å². The summed E-state index contributed by atoms with van der Waals surface area (Å²) >= 11 is 0. The Hall–Kier alpha value is -1.50. The fourth-order valence-electron chi connectivity index (χ4n) is 4.45. The van der Waals surface area contributed by atoms with Crippen molar-refractivity contribution in [2.75, 3.05) is 13.1 Å².